The van der Waals surface area contributed by atoms with Gasteiger partial charge in [-0.3, -0.25) is 0 Å². The van der Waals surface area contributed by atoms with Crippen molar-refractivity contribution < 1.29 is 0 Å². The lowest BCUT2D eigenvalue weighted by atomic mass is 10.0. The van der Waals surface area contributed by atoms with Gasteiger partial charge in [-0.1, -0.05) is 23.7 Å². The van der Waals surface area contributed by atoms with E-state index in [1.54, 1.807) is 0 Å². The summed E-state index contributed by atoms with van der Waals surface area (Å²) in [6.45, 7) is 0. The molecule has 2 N–H and O–H groups in total. The molecule has 16 heavy (non-hydrogen) atoms. The number of benzene rings is 1. The number of halogens is 1. The molecular formula is C12H16ClNS2. The van der Waals surface area contributed by atoms with Gasteiger partial charge >= 0.3 is 0 Å². The maximum Gasteiger partial charge on any atom is 0.0408 e. The molecule has 2 unspecified atom stereocenters. The van der Waals surface area contributed by atoms with Crippen molar-refractivity contribution in [3.05, 3.63) is 34.9 Å². The highest BCUT2D eigenvalue weighted by Crippen LogP contribution is 2.27. The zero-order chi connectivity index (χ0) is 11.4. The van der Waals surface area contributed by atoms with E-state index in [4.69, 9.17) is 17.3 Å². The average Bonchev–Trinajstić information content (AvgIpc) is 2.30. The first-order valence-corrected chi connectivity index (χ1v) is 8.03. The van der Waals surface area contributed by atoms with Crippen LogP contribution in [0.2, 0.25) is 5.02 Å². The third-order valence-electron chi connectivity index (χ3n) is 2.68. The van der Waals surface area contributed by atoms with Crippen LogP contribution in [0.1, 0.15) is 5.56 Å². The molecule has 0 aliphatic carbocycles. The highest BCUT2D eigenvalue weighted by Gasteiger charge is 2.21. The summed E-state index contributed by atoms with van der Waals surface area (Å²) in [4.78, 5) is 0. The molecule has 0 spiro atoms. The van der Waals surface area contributed by atoms with Gasteiger partial charge in [-0.25, -0.2) is 0 Å². The third kappa shape index (κ3) is 3.59. The minimum absolute atomic E-state index is 0.247. The van der Waals surface area contributed by atoms with Gasteiger partial charge in [-0.15, -0.1) is 0 Å². The molecule has 2 rings (SSSR count). The lowest BCUT2D eigenvalue weighted by Gasteiger charge is -2.26. The van der Waals surface area contributed by atoms with Gasteiger partial charge in [0, 0.05) is 33.6 Å². The van der Waals surface area contributed by atoms with Crippen LogP contribution in [-0.4, -0.2) is 28.6 Å². The van der Waals surface area contributed by atoms with Gasteiger partial charge < -0.3 is 5.73 Å². The van der Waals surface area contributed by atoms with E-state index in [1.165, 1.54) is 22.8 Å². The number of hydrogen-bond acceptors (Lipinski definition) is 3. The Labute approximate surface area is 111 Å². The molecule has 1 aromatic carbocycles. The van der Waals surface area contributed by atoms with Crippen molar-refractivity contribution in [2.24, 2.45) is 5.73 Å². The Kier molecular flexibility index (Phi) is 4.89. The summed E-state index contributed by atoms with van der Waals surface area (Å²) in [5.74, 6) is 3.69. The Morgan fingerprint density at radius 1 is 1.44 bits per heavy atom. The van der Waals surface area contributed by atoms with E-state index in [2.05, 4.69) is 6.07 Å². The van der Waals surface area contributed by atoms with Crippen LogP contribution >= 0.6 is 35.1 Å². The standard InChI is InChI=1S/C12H16ClNS2/c13-10-3-1-2-9(6-10)7-11(14)12-8-15-4-5-16-12/h1-3,6,11-12H,4-5,7-8,14H2. The fourth-order valence-corrected chi connectivity index (χ4v) is 4.86. The third-order valence-corrected chi connectivity index (χ3v) is 5.86. The van der Waals surface area contributed by atoms with Crippen LogP contribution < -0.4 is 5.73 Å². The zero-order valence-electron chi connectivity index (χ0n) is 9.06. The molecule has 1 aliphatic heterocycles. The smallest absolute Gasteiger partial charge is 0.0408 e. The SMILES string of the molecule is NC(Cc1cccc(Cl)c1)C1CSCCS1. The van der Waals surface area contributed by atoms with Crippen LogP contribution in [0.5, 0.6) is 0 Å². The molecule has 1 nitrogen and oxygen atoms in total. The molecule has 0 saturated carbocycles. The number of hydrogen-bond donors (Lipinski definition) is 1. The van der Waals surface area contributed by atoms with Gasteiger partial charge in [-0.05, 0) is 24.1 Å². The van der Waals surface area contributed by atoms with Crippen LogP contribution in [0.15, 0.2) is 24.3 Å². The van der Waals surface area contributed by atoms with Crippen molar-refractivity contribution in [3.8, 4) is 0 Å². The van der Waals surface area contributed by atoms with Crippen LogP contribution in [0.3, 0.4) is 0 Å². The van der Waals surface area contributed by atoms with Gasteiger partial charge in [0.15, 0.2) is 0 Å². The maximum absolute atomic E-state index is 6.25. The van der Waals surface area contributed by atoms with Gasteiger partial charge in [0.25, 0.3) is 0 Å². The predicted molar refractivity (Wildman–Crippen MR) is 76.7 cm³/mol. The van der Waals surface area contributed by atoms with Gasteiger partial charge in [0.1, 0.15) is 0 Å². The lowest BCUT2D eigenvalue weighted by molar-refractivity contribution is 0.664. The zero-order valence-corrected chi connectivity index (χ0v) is 11.5. The van der Waals surface area contributed by atoms with E-state index in [-0.39, 0.29) is 6.04 Å². The number of thioether (sulfide) groups is 2. The minimum atomic E-state index is 0.247. The normalized spacial score (nSPS) is 23.0. The number of rotatable bonds is 3. The average molecular weight is 274 g/mol. The Bertz CT molecular complexity index is 340. The quantitative estimate of drug-likeness (QED) is 0.917. The van der Waals surface area contributed by atoms with E-state index in [9.17, 15) is 0 Å². The summed E-state index contributed by atoms with van der Waals surface area (Å²) in [7, 11) is 0. The van der Waals surface area contributed by atoms with Crippen molar-refractivity contribution in [2.75, 3.05) is 17.3 Å². The Balaban J connectivity index is 1.93. The second-order valence-corrected chi connectivity index (χ2v) is 6.92. The van der Waals surface area contributed by atoms with Gasteiger partial charge in [0.2, 0.25) is 0 Å². The molecule has 0 amide bonds. The lowest BCUT2D eigenvalue weighted by Crippen LogP contribution is -2.38. The van der Waals surface area contributed by atoms with Crippen molar-refractivity contribution in [3.63, 3.8) is 0 Å². The monoisotopic (exact) mass is 273 g/mol. The molecule has 2 atom stereocenters. The van der Waals surface area contributed by atoms with Gasteiger partial charge in [-0.2, -0.15) is 23.5 Å². The first-order chi connectivity index (χ1) is 7.75. The molecule has 1 aromatic rings. The van der Waals surface area contributed by atoms with Crippen molar-refractivity contribution in [2.45, 2.75) is 17.7 Å². The Morgan fingerprint density at radius 3 is 3.00 bits per heavy atom. The van der Waals surface area contributed by atoms with Crippen molar-refractivity contribution >= 4 is 35.1 Å². The first-order valence-electron chi connectivity index (χ1n) is 5.45. The molecule has 4 heteroatoms. The van der Waals surface area contributed by atoms with Crippen molar-refractivity contribution in [1.82, 2.24) is 0 Å². The van der Waals surface area contributed by atoms with Crippen LogP contribution in [0, 0.1) is 0 Å². The van der Waals surface area contributed by atoms with E-state index in [0.717, 1.165) is 11.4 Å². The fourth-order valence-electron chi connectivity index (χ4n) is 1.82. The van der Waals surface area contributed by atoms with Gasteiger partial charge in [0.05, 0.1) is 0 Å². The second kappa shape index (κ2) is 6.20. The molecule has 88 valence electrons. The molecular weight excluding hydrogens is 258 g/mol. The number of nitrogens with two attached hydrogens (primary N) is 1. The molecule has 1 heterocycles. The molecule has 0 radical (unpaired) electrons. The van der Waals surface area contributed by atoms with E-state index in [0.29, 0.717) is 5.25 Å². The molecule has 1 aliphatic rings. The Hall–Kier alpha value is 0.170. The maximum atomic E-state index is 6.25. The summed E-state index contributed by atoms with van der Waals surface area (Å²) in [6.07, 6.45) is 0.929. The summed E-state index contributed by atoms with van der Waals surface area (Å²) in [6, 6.07) is 8.26. The van der Waals surface area contributed by atoms with E-state index >= 15 is 0 Å². The molecule has 0 aromatic heterocycles. The highest BCUT2D eigenvalue weighted by molar-refractivity contribution is 8.06. The van der Waals surface area contributed by atoms with Crippen LogP contribution in [-0.2, 0) is 6.42 Å². The first kappa shape index (κ1) is 12.6. The molecule has 0 bridgehead atoms. The minimum Gasteiger partial charge on any atom is -0.326 e. The Morgan fingerprint density at radius 2 is 2.31 bits per heavy atom. The van der Waals surface area contributed by atoms with Crippen LogP contribution in [0.25, 0.3) is 0 Å². The van der Waals surface area contributed by atoms with Crippen molar-refractivity contribution in [1.29, 1.82) is 0 Å². The topological polar surface area (TPSA) is 26.0 Å². The summed E-state index contributed by atoms with van der Waals surface area (Å²) < 4.78 is 0. The predicted octanol–water partition coefficient (Wildman–Crippen LogP) is 3.06. The summed E-state index contributed by atoms with van der Waals surface area (Å²) >= 11 is 10.00. The largest absolute Gasteiger partial charge is 0.326 e. The fraction of sp³-hybridized carbons (Fsp3) is 0.500. The summed E-state index contributed by atoms with van der Waals surface area (Å²) in [5.41, 5.74) is 7.50. The molecule has 1 fully saturated rings. The van der Waals surface area contributed by atoms with E-state index < -0.39 is 0 Å². The summed E-state index contributed by atoms with van der Waals surface area (Å²) in [5, 5.41) is 1.40. The second-order valence-electron chi connectivity index (χ2n) is 3.98. The van der Waals surface area contributed by atoms with E-state index in [1.807, 2.05) is 41.7 Å². The molecule has 1 saturated heterocycles. The highest BCUT2D eigenvalue weighted by atomic mass is 35.5. The van der Waals surface area contributed by atoms with Crippen LogP contribution in [0.4, 0.5) is 0 Å².